The molecule has 5 amide bonds. The first kappa shape index (κ1) is 39.0. The Labute approximate surface area is 349 Å². The van der Waals surface area contributed by atoms with Crippen molar-refractivity contribution in [2.24, 2.45) is 10.8 Å². The largest absolute Gasteiger partial charge is 0.371 e. The fraction of sp³-hybridized carbons (Fsp3) is 0.467. The summed E-state index contributed by atoms with van der Waals surface area (Å²) in [5, 5.41) is 12.0. The van der Waals surface area contributed by atoms with Crippen LogP contribution in [-0.2, 0) is 9.59 Å². The number of imide groups is 2. The van der Waals surface area contributed by atoms with Gasteiger partial charge in [0.25, 0.3) is 17.7 Å². The molecular weight excluding hydrogens is 768 g/mol. The molecule has 9 rings (SSSR count). The predicted molar refractivity (Wildman–Crippen MR) is 224 cm³/mol. The lowest BCUT2D eigenvalue weighted by atomic mass is 9.73. The summed E-state index contributed by atoms with van der Waals surface area (Å²) in [4.78, 5) is 76.6. The van der Waals surface area contributed by atoms with Gasteiger partial charge in [-0.05, 0) is 98.7 Å². The minimum Gasteiger partial charge on any atom is -0.371 e. The number of amides is 5. The number of piperidine rings is 2. The second-order valence-corrected chi connectivity index (χ2v) is 18.1. The Hall–Kier alpha value is -5.45. The molecule has 0 saturated carbocycles. The molecule has 3 aromatic carbocycles. The van der Waals surface area contributed by atoms with Gasteiger partial charge in [-0.1, -0.05) is 18.5 Å². The quantitative estimate of drug-likeness (QED) is 0.332. The van der Waals surface area contributed by atoms with Crippen molar-refractivity contribution in [3.63, 3.8) is 0 Å². The van der Waals surface area contributed by atoms with E-state index >= 15 is 0 Å². The minimum atomic E-state index is -0.982. The summed E-state index contributed by atoms with van der Waals surface area (Å²) < 4.78 is 0. The summed E-state index contributed by atoms with van der Waals surface area (Å²) in [6.45, 7) is 12.9. The van der Waals surface area contributed by atoms with Crippen molar-refractivity contribution in [2.45, 2.75) is 58.0 Å². The van der Waals surface area contributed by atoms with Crippen LogP contribution in [0.4, 0.5) is 17.1 Å². The van der Waals surface area contributed by atoms with Gasteiger partial charge in [0.15, 0.2) is 0 Å². The van der Waals surface area contributed by atoms with Gasteiger partial charge in [-0.25, -0.2) is 0 Å². The molecule has 0 bridgehead atoms. The van der Waals surface area contributed by atoms with Crippen molar-refractivity contribution in [3.8, 4) is 6.07 Å². The van der Waals surface area contributed by atoms with Gasteiger partial charge in [0.05, 0.1) is 21.7 Å². The van der Waals surface area contributed by atoms with Crippen molar-refractivity contribution < 1.29 is 24.0 Å². The van der Waals surface area contributed by atoms with E-state index in [0.29, 0.717) is 40.8 Å². The molecule has 6 heterocycles. The van der Waals surface area contributed by atoms with Gasteiger partial charge in [0.2, 0.25) is 11.8 Å². The molecule has 1 spiro atoms. The third-order valence-electron chi connectivity index (χ3n) is 14.0. The molecule has 2 atom stereocenters. The SMILES string of the molecule is CC1N(c2ccc(C#N)c(Cl)c2)CCC12CCN(c1ccc(C(=O)N3CCN(CC4(C)CN(c5ccc6c(c5)C(=O)N(C5CCC(=O)NC5=O)C6=O)C4)CC3)cc1)CC2. The Morgan fingerprint density at radius 3 is 2.15 bits per heavy atom. The molecule has 0 radical (unpaired) electrons. The number of anilines is 3. The molecule has 306 valence electrons. The minimum absolute atomic E-state index is 0.0300. The van der Waals surface area contributed by atoms with Crippen LogP contribution in [0.3, 0.4) is 0 Å². The number of nitriles is 1. The van der Waals surface area contributed by atoms with Crippen LogP contribution in [0, 0.1) is 22.2 Å². The molecular formula is C45H49ClN8O5. The Morgan fingerprint density at radius 2 is 1.47 bits per heavy atom. The van der Waals surface area contributed by atoms with E-state index in [4.69, 9.17) is 11.6 Å². The van der Waals surface area contributed by atoms with Gasteiger partial charge in [-0.3, -0.25) is 39.1 Å². The Kier molecular flexibility index (Phi) is 9.91. The monoisotopic (exact) mass is 816 g/mol. The fourth-order valence-electron chi connectivity index (χ4n) is 10.5. The first-order valence-corrected chi connectivity index (χ1v) is 21.2. The van der Waals surface area contributed by atoms with E-state index in [2.05, 4.69) is 57.0 Å². The number of fused-ring (bicyclic) bond motifs is 1. The van der Waals surface area contributed by atoms with Crippen LogP contribution < -0.4 is 20.0 Å². The molecule has 6 aliphatic rings. The number of carbonyl (C=O) groups is 5. The molecule has 5 saturated heterocycles. The highest BCUT2D eigenvalue weighted by Gasteiger charge is 2.48. The number of halogens is 1. The predicted octanol–water partition coefficient (Wildman–Crippen LogP) is 4.78. The molecule has 5 fully saturated rings. The van der Waals surface area contributed by atoms with Gasteiger partial charge in [0, 0.05) is 106 Å². The average Bonchev–Trinajstić information content (AvgIpc) is 3.67. The standard InChI is InChI=1S/C45H49ClN8O5/c1-29-45(15-18-53(29)34-8-5-31(25-47)37(46)24-34)13-16-50(17-14-45)32-6-3-30(4-7-32)41(57)51-21-19-49(20-22-51)26-44(2)27-52(28-44)33-9-10-35-36(23-33)43(59)54(42(35)58)38-11-12-39(55)48-40(38)56/h3-10,23-24,29,38H,11-22,26-28H2,1-2H3,(H,48,55,56). The van der Waals surface area contributed by atoms with Crippen LogP contribution in [0.1, 0.15) is 82.6 Å². The smallest absolute Gasteiger partial charge is 0.262 e. The van der Waals surface area contributed by atoms with Crippen molar-refractivity contribution >= 4 is 58.2 Å². The maximum absolute atomic E-state index is 13.6. The van der Waals surface area contributed by atoms with Crippen LogP contribution in [0.5, 0.6) is 0 Å². The lowest BCUT2D eigenvalue weighted by Crippen LogP contribution is -2.61. The molecule has 13 nitrogen and oxygen atoms in total. The van der Waals surface area contributed by atoms with Crippen molar-refractivity contribution in [2.75, 3.05) is 80.1 Å². The Balaban J connectivity index is 0.736. The summed E-state index contributed by atoms with van der Waals surface area (Å²) in [6, 6.07) is 20.7. The normalized spacial score (nSPS) is 24.0. The van der Waals surface area contributed by atoms with Crippen LogP contribution in [0.15, 0.2) is 60.7 Å². The maximum atomic E-state index is 13.6. The highest BCUT2D eigenvalue weighted by molar-refractivity contribution is 6.32. The second-order valence-electron chi connectivity index (χ2n) is 17.7. The maximum Gasteiger partial charge on any atom is 0.262 e. The van der Waals surface area contributed by atoms with E-state index in [1.165, 1.54) is 0 Å². The molecule has 0 aliphatic carbocycles. The van der Waals surface area contributed by atoms with Gasteiger partial charge in [0.1, 0.15) is 12.1 Å². The third kappa shape index (κ3) is 7.00. The molecule has 3 aromatic rings. The first-order valence-electron chi connectivity index (χ1n) is 20.8. The number of nitrogens with zero attached hydrogens (tertiary/aromatic N) is 7. The van der Waals surface area contributed by atoms with Gasteiger partial charge in [-0.2, -0.15) is 5.26 Å². The molecule has 14 heteroatoms. The number of piperazine rings is 1. The summed E-state index contributed by atoms with van der Waals surface area (Å²) in [5.41, 5.74) is 5.16. The first-order chi connectivity index (χ1) is 28.3. The molecule has 1 N–H and O–H groups in total. The number of hydrogen-bond acceptors (Lipinski definition) is 10. The van der Waals surface area contributed by atoms with Crippen molar-refractivity contribution in [1.82, 2.24) is 20.0 Å². The summed E-state index contributed by atoms with van der Waals surface area (Å²) in [7, 11) is 0. The number of hydrogen-bond donors (Lipinski definition) is 1. The zero-order valence-corrected chi connectivity index (χ0v) is 34.3. The summed E-state index contributed by atoms with van der Waals surface area (Å²) >= 11 is 6.38. The molecule has 59 heavy (non-hydrogen) atoms. The van der Waals surface area contributed by atoms with Crippen molar-refractivity contribution in [3.05, 3.63) is 87.9 Å². The van der Waals surface area contributed by atoms with Crippen LogP contribution in [-0.4, -0.2) is 122 Å². The van der Waals surface area contributed by atoms with E-state index in [0.717, 1.165) is 93.6 Å². The van der Waals surface area contributed by atoms with E-state index in [-0.39, 0.29) is 35.1 Å². The van der Waals surface area contributed by atoms with Gasteiger partial charge in [-0.15, -0.1) is 0 Å². The lowest BCUT2D eigenvalue weighted by Gasteiger charge is -2.52. The highest BCUT2D eigenvalue weighted by Crippen LogP contribution is 2.48. The van der Waals surface area contributed by atoms with E-state index in [1.807, 2.05) is 41.3 Å². The zero-order chi connectivity index (χ0) is 41.2. The van der Waals surface area contributed by atoms with Crippen molar-refractivity contribution in [1.29, 1.82) is 5.26 Å². The van der Waals surface area contributed by atoms with E-state index < -0.39 is 29.7 Å². The number of nitrogens with one attached hydrogen (secondary N) is 1. The Morgan fingerprint density at radius 1 is 0.814 bits per heavy atom. The van der Waals surface area contributed by atoms with E-state index in [1.54, 1.807) is 12.1 Å². The zero-order valence-electron chi connectivity index (χ0n) is 33.6. The second kappa shape index (κ2) is 15.0. The highest BCUT2D eigenvalue weighted by atomic mass is 35.5. The van der Waals surface area contributed by atoms with Crippen LogP contribution in [0.2, 0.25) is 5.02 Å². The van der Waals surface area contributed by atoms with Gasteiger partial charge < -0.3 is 19.6 Å². The third-order valence-corrected chi connectivity index (χ3v) is 14.4. The summed E-state index contributed by atoms with van der Waals surface area (Å²) in [5.74, 6) is -1.94. The van der Waals surface area contributed by atoms with Crippen LogP contribution in [0.25, 0.3) is 0 Å². The molecule has 6 aliphatic heterocycles. The number of carbonyl (C=O) groups excluding carboxylic acids is 5. The molecule has 0 aromatic heterocycles. The van der Waals surface area contributed by atoms with Crippen LogP contribution >= 0.6 is 11.6 Å². The summed E-state index contributed by atoms with van der Waals surface area (Å²) in [6.07, 6.45) is 3.55. The number of rotatable bonds is 7. The average molecular weight is 817 g/mol. The Bertz CT molecular complexity index is 2270. The molecule has 2 unspecified atom stereocenters. The lowest BCUT2D eigenvalue weighted by molar-refractivity contribution is -0.136. The van der Waals surface area contributed by atoms with E-state index in [9.17, 15) is 29.2 Å². The number of benzene rings is 3. The van der Waals surface area contributed by atoms with Gasteiger partial charge >= 0.3 is 0 Å². The topological polar surface area (TPSA) is 141 Å². The fourth-order valence-corrected chi connectivity index (χ4v) is 10.8.